The lowest BCUT2D eigenvalue weighted by atomic mass is 9.80. The Morgan fingerprint density at radius 1 is 0.490 bits per heavy atom. The molecule has 7 aromatic rings. The van der Waals surface area contributed by atoms with Gasteiger partial charge in [0.1, 0.15) is 0 Å². The first kappa shape index (κ1) is 31.6. The van der Waals surface area contributed by atoms with E-state index in [2.05, 4.69) is 177 Å². The zero-order valence-electron chi connectivity index (χ0n) is 30.0. The van der Waals surface area contributed by atoms with Gasteiger partial charge in [-0.1, -0.05) is 142 Å². The van der Waals surface area contributed by atoms with Gasteiger partial charge in [0.05, 0.1) is 0 Å². The third-order valence-electron chi connectivity index (χ3n) is 11.8. The van der Waals surface area contributed by atoms with Crippen molar-refractivity contribution in [3.63, 3.8) is 0 Å². The summed E-state index contributed by atoms with van der Waals surface area (Å²) in [4.78, 5) is 2.44. The summed E-state index contributed by atoms with van der Waals surface area (Å²) in [5.74, 6) is 0.625. The van der Waals surface area contributed by atoms with Gasteiger partial charge in [0, 0.05) is 22.5 Å². The van der Waals surface area contributed by atoms with E-state index in [1.807, 2.05) is 0 Å². The minimum Gasteiger partial charge on any atom is -0.310 e. The Balaban J connectivity index is 1.16. The third kappa shape index (κ3) is 5.56. The summed E-state index contributed by atoms with van der Waals surface area (Å²) >= 11 is 0. The monoisotopic (exact) mass is 659 g/mol. The summed E-state index contributed by atoms with van der Waals surface area (Å²) in [7, 11) is 0. The summed E-state index contributed by atoms with van der Waals surface area (Å²) in [6.45, 7) is 7.00. The maximum Gasteiger partial charge on any atom is 0.0465 e. The Kier molecular flexibility index (Phi) is 7.88. The van der Waals surface area contributed by atoms with Gasteiger partial charge in [-0.25, -0.2) is 0 Å². The fraction of sp³-hybridized carbons (Fsp3) is 0.200. The number of aryl methyl sites for hydroxylation is 1. The first-order chi connectivity index (χ1) is 25.0. The average molecular weight is 660 g/mol. The van der Waals surface area contributed by atoms with E-state index in [-0.39, 0.29) is 5.41 Å². The van der Waals surface area contributed by atoms with Crippen LogP contribution in [-0.2, 0) is 5.41 Å². The molecule has 9 rings (SSSR count). The minimum absolute atomic E-state index is 0.0784. The van der Waals surface area contributed by atoms with Crippen LogP contribution in [-0.4, -0.2) is 0 Å². The molecule has 1 saturated carbocycles. The Hall–Kier alpha value is -5.40. The van der Waals surface area contributed by atoms with Gasteiger partial charge in [-0.3, -0.25) is 0 Å². The molecule has 0 amide bonds. The zero-order valence-corrected chi connectivity index (χ0v) is 30.0. The molecule has 1 heteroatoms. The SMILES string of the molecule is Cc1cccc2c1-c1ccc(N(c3ccc(-c4ccccc4)cc3)c3ccc(-c4cc5ccccc5cc4C4CCCCC4)cc3)cc1C2(C)C. The first-order valence-corrected chi connectivity index (χ1v) is 18.8. The van der Waals surface area contributed by atoms with Crippen LogP contribution >= 0.6 is 0 Å². The molecule has 51 heavy (non-hydrogen) atoms. The topological polar surface area (TPSA) is 3.24 Å². The van der Waals surface area contributed by atoms with Crippen LogP contribution in [0.1, 0.15) is 74.1 Å². The van der Waals surface area contributed by atoms with E-state index >= 15 is 0 Å². The number of benzene rings is 7. The second kappa shape index (κ2) is 12.7. The van der Waals surface area contributed by atoms with E-state index < -0.39 is 0 Å². The number of rotatable bonds is 6. The highest BCUT2D eigenvalue weighted by Crippen LogP contribution is 2.52. The number of fused-ring (bicyclic) bond motifs is 4. The minimum atomic E-state index is -0.0784. The molecule has 250 valence electrons. The Labute approximate surface area is 303 Å². The molecular weight excluding hydrogens is 615 g/mol. The van der Waals surface area contributed by atoms with E-state index in [1.54, 1.807) is 0 Å². The molecule has 0 radical (unpaired) electrons. The number of hydrogen-bond acceptors (Lipinski definition) is 1. The molecule has 0 heterocycles. The van der Waals surface area contributed by atoms with Crippen LogP contribution in [0, 0.1) is 6.92 Å². The van der Waals surface area contributed by atoms with Gasteiger partial charge in [-0.15, -0.1) is 0 Å². The Morgan fingerprint density at radius 3 is 1.80 bits per heavy atom. The van der Waals surface area contributed by atoms with E-state index in [0.717, 1.165) is 11.4 Å². The zero-order chi connectivity index (χ0) is 34.5. The Bertz CT molecular complexity index is 2360. The molecule has 0 saturated heterocycles. The van der Waals surface area contributed by atoms with Crippen molar-refractivity contribution in [2.45, 2.75) is 64.2 Å². The molecule has 0 unspecified atom stereocenters. The largest absolute Gasteiger partial charge is 0.310 e. The van der Waals surface area contributed by atoms with Gasteiger partial charge in [-0.05, 0) is 135 Å². The lowest BCUT2D eigenvalue weighted by Gasteiger charge is -2.29. The van der Waals surface area contributed by atoms with Crippen molar-refractivity contribution >= 4 is 27.8 Å². The molecule has 0 atom stereocenters. The normalized spacial score (nSPS) is 15.0. The van der Waals surface area contributed by atoms with Crippen LogP contribution in [0.5, 0.6) is 0 Å². The molecule has 7 aromatic carbocycles. The van der Waals surface area contributed by atoms with Crippen molar-refractivity contribution in [2.24, 2.45) is 0 Å². The van der Waals surface area contributed by atoms with Crippen LogP contribution in [0.4, 0.5) is 17.1 Å². The van der Waals surface area contributed by atoms with Crippen LogP contribution in [0.25, 0.3) is 44.2 Å². The molecule has 0 N–H and O–H groups in total. The molecule has 2 aliphatic rings. The molecular formula is C50H45N. The highest BCUT2D eigenvalue weighted by Gasteiger charge is 2.36. The molecule has 1 nitrogen and oxygen atoms in total. The first-order valence-electron chi connectivity index (χ1n) is 18.8. The van der Waals surface area contributed by atoms with Crippen molar-refractivity contribution in [1.82, 2.24) is 0 Å². The summed E-state index contributed by atoms with van der Waals surface area (Å²) in [6, 6.07) is 56.8. The maximum atomic E-state index is 2.49. The van der Waals surface area contributed by atoms with Crippen molar-refractivity contribution in [3.05, 3.63) is 174 Å². The Morgan fingerprint density at radius 2 is 1.10 bits per heavy atom. The quantitative estimate of drug-likeness (QED) is 0.172. The van der Waals surface area contributed by atoms with Gasteiger partial charge in [-0.2, -0.15) is 0 Å². The smallest absolute Gasteiger partial charge is 0.0465 e. The van der Waals surface area contributed by atoms with Gasteiger partial charge in [0.25, 0.3) is 0 Å². The lowest BCUT2D eigenvalue weighted by molar-refractivity contribution is 0.444. The standard InChI is InChI=1S/C50H45N/c1-34-13-12-20-47-49(34)44-30-29-43(33-48(44)50(47,2)3)51(41-25-21-36(22-26-41)35-14-6-4-7-15-35)42-27-23-38(24-28-42)46-32-40-19-11-10-18-39(40)31-45(46)37-16-8-5-9-17-37/h4,6-7,10-15,18-33,37H,5,8-9,16-17H2,1-3H3. The summed E-state index contributed by atoms with van der Waals surface area (Å²) in [6.07, 6.45) is 6.59. The van der Waals surface area contributed by atoms with Crippen LogP contribution in [0.2, 0.25) is 0 Å². The van der Waals surface area contributed by atoms with Crippen LogP contribution in [0.3, 0.4) is 0 Å². The van der Waals surface area contributed by atoms with Crippen molar-refractivity contribution < 1.29 is 0 Å². The highest BCUT2D eigenvalue weighted by molar-refractivity contribution is 5.91. The second-order valence-corrected chi connectivity index (χ2v) is 15.3. The van der Waals surface area contributed by atoms with Crippen LogP contribution < -0.4 is 4.90 Å². The third-order valence-corrected chi connectivity index (χ3v) is 11.8. The van der Waals surface area contributed by atoms with Gasteiger partial charge in [0.2, 0.25) is 0 Å². The molecule has 0 spiro atoms. The van der Waals surface area contributed by atoms with E-state index in [4.69, 9.17) is 0 Å². The highest BCUT2D eigenvalue weighted by atomic mass is 15.1. The average Bonchev–Trinajstić information content (AvgIpc) is 3.42. The van der Waals surface area contributed by atoms with Gasteiger partial charge in [0.15, 0.2) is 0 Å². The summed E-state index contributed by atoms with van der Waals surface area (Å²) < 4.78 is 0. The van der Waals surface area contributed by atoms with Crippen molar-refractivity contribution in [2.75, 3.05) is 4.90 Å². The molecule has 0 aromatic heterocycles. The lowest BCUT2D eigenvalue weighted by Crippen LogP contribution is -2.16. The fourth-order valence-corrected chi connectivity index (χ4v) is 9.03. The number of hydrogen-bond donors (Lipinski definition) is 0. The maximum absolute atomic E-state index is 2.49. The predicted octanol–water partition coefficient (Wildman–Crippen LogP) is 14.3. The van der Waals surface area contributed by atoms with E-state index in [9.17, 15) is 0 Å². The molecule has 1 fully saturated rings. The number of nitrogens with zero attached hydrogens (tertiary/aromatic N) is 1. The van der Waals surface area contributed by atoms with Crippen molar-refractivity contribution in [1.29, 1.82) is 0 Å². The van der Waals surface area contributed by atoms with Crippen molar-refractivity contribution in [3.8, 4) is 33.4 Å². The van der Waals surface area contributed by atoms with Gasteiger partial charge >= 0.3 is 0 Å². The van der Waals surface area contributed by atoms with Crippen LogP contribution in [0.15, 0.2) is 152 Å². The summed E-state index contributed by atoms with van der Waals surface area (Å²) in [5.41, 5.74) is 17.0. The number of anilines is 3. The molecule has 0 bridgehead atoms. The molecule has 0 aliphatic heterocycles. The fourth-order valence-electron chi connectivity index (χ4n) is 9.03. The summed E-state index contributed by atoms with van der Waals surface area (Å²) in [5, 5.41) is 2.66. The van der Waals surface area contributed by atoms with E-state index in [0.29, 0.717) is 5.92 Å². The van der Waals surface area contributed by atoms with Gasteiger partial charge < -0.3 is 4.90 Å². The second-order valence-electron chi connectivity index (χ2n) is 15.3. The molecule has 2 aliphatic carbocycles. The predicted molar refractivity (Wildman–Crippen MR) is 218 cm³/mol. The van der Waals surface area contributed by atoms with E-state index in [1.165, 1.54) is 104 Å².